The number of nitrogens with zero attached hydrogens (tertiary/aromatic N) is 2. The van der Waals surface area contributed by atoms with Gasteiger partial charge in [0.2, 0.25) is 5.91 Å². The SMILES string of the molecule is CC(C)n1c(SCC(=O)NC(=O)NC(C)(C)C)nc2ccccc2c1=O. The number of hydrogen-bond acceptors (Lipinski definition) is 5. The van der Waals surface area contributed by atoms with Crippen LogP contribution in [0.2, 0.25) is 0 Å². The lowest BCUT2D eigenvalue weighted by atomic mass is 10.1. The molecule has 0 aliphatic heterocycles. The van der Waals surface area contributed by atoms with E-state index in [1.165, 1.54) is 0 Å². The molecule has 1 aromatic heterocycles. The van der Waals surface area contributed by atoms with Crippen LogP contribution in [0.5, 0.6) is 0 Å². The molecule has 2 aromatic rings. The Morgan fingerprint density at radius 2 is 1.88 bits per heavy atom. The monoisotopic (exact) mass is 376 g/mol. The van der Waals surface area contributed by atoms with Gasteiger partial charge in [0, 0.05) is 11.6 Å². The number of carbonyl (C=O) groups excluding carboxylic acids is 2. The van der Waals surface area contributed by atoms with Gasteiger partial charge >= 0.3 is 6.03 Å². The molecular formula is C18H24N4O3S. The van der Waals surface area contributed by atoms with Crippen LogP contribution >= 0.6 is 11.8 Å². The summed E-state index contributed by atoms with van der Waals surface area (Å²) in [6, 6.07) is 6.46. The van der Waals surface area contributed by atoms with E-state index in [0.717, 1.165) is 11.8 Å². The maximum absolute atomic E-state index is 12.7. The molecule has 2 rings (SSSR count). The maximum Gasteiger partial charge on any atom is 0.321 e. The zero-order valence-corrected chi connectivity index (χ0v) is 16.4. The van der Waals surface area contributed by atoms with Crippen LogP contribution in [0.1, 0.15) is 40.7 Å². The van der Waals surface area contributed by atoms with Gasteiger partial charge in [-0.25, -0.2) is 9.78 Å². The molecular weight excluding hydrogens is 352 g/mol. The average Bonchev–Trinajstić information content (AvgIpc) is 2.50. The van der Waals surface area contributed by atoms with Gasteiger partial charge in [-0.3, -0.25) is 19.5 Å². The summed E-state index contributed by atoms with van der Waals surface area (Å²) >= 11 is 1.13. The van der Waals surface area contributed by atoms with E-state index in [2.05, 4.69) is 15.6 Å². The van der Waals surface area contributed by atoms with Crippen LogP contribution in [0.15, 0.2) is 34.2 Å². The fraction of sp³-hybridized carbons (Fsp3) is 0.444. The fourth-order valence-electron chi connectivity index (χ4n) is 2.35. The summed E-state index contributed by atoms with van der Waals surface area (Å²) in [6.07, 6.45) is 0. The highest BCUT2D eigenvalue weighted by Gasteiger charge is 2.18. The first-order valence-electron chi connectivity index (χ1n) is 8.34. The Hall–Kier alpha value is -2.35. The van der Waals surface area contributed by atoms with Crippen molar-refractivity contribution in [1.29, 1.82) is 0 Å². The van der Waals surface area contributed by atoms with Crippen molar-refractivity contribution in [3.63, 3.8) is 0 Å². The average molecular weight is 376 g/mol. The van der Waals surface area contributed by atoms with E-state index in [0.29, 0.717) is 16.1 Å². The third-order valence-corrected chi connectivity index (χ3v) is 4.32. The molecule has 0 bridgehead atoms. The van der Waals surface area contributed by atoms with Crippen LogP contribution in [0.3, 0.4) is 0 Å². The van der Waals surface area contributed by atoms with E-state index < -0.39 is 17.5 Å². The van der Waals surface area contributed by atoms with Crippen molar-refractivity contribution in [2.24, 2.45) is 0 Å². The van der Waals surface area contributed by atoms with Crippen molar-refractivity contribution in [3.05, 3.63) is 34.6 Å². The molecule has 3 amide bonds. The highest BCUT2D eigenvalue weighted by Crippen LogP contribution is 2.20. The predicted molar refractivity (Wildman–Crippen MR) is 104 cm³/mol. The van der Waals surface area contributed by atoms with E-state index in [4.69, 9.17) is 0 Å². The minimum Gasteiger partial charge on any atom is -0.333 e. The number of rotatable bonds is 4. The number of imide groups is 1. The molecule has 2 N–H and O–H groups in total. The molecule has 0 spiro atoms. The Morgan fingerprint density at radius 1 is 1.23 bits per heavy atom. The summed E-state index contributed by atoms with van der Waals surface area (Å²) in [5.41, 5.74) is 0.0111. The van der Waals surface area contributed by atoms with Crippen LogP contribution in [-0.4, -0.2) is 32.8 Å². The van der Waals surface area contributed by atoms with Gasteiger partial charge in [-0.2, -0.15) is 0 Å². The molecule has 0 atom stereocenters. The molecule has 7 nitrogen and oxygen atoms in total. The largest absolute Gasteiger partial charge is 0.333 e. The second-order valence-electron chi connectivity index (χ2n) is 7.22. The Balaban J connectivity index is 2.18. The van der Waals surface area contributed by atoms with Gasteiger partial charge in [-0.15, -0.1) is 0 Å². The highest BCUT2D eigenvalue weighted by atomic mass is 32.2. The van der Waals surface area contributed by atoms with Gasteiger partial charge in [0.05, 0.1) is 16.7 Å². The number of nitrogens with one attached hydrogen (secondary N) is 2. The minimum atomic E-state index is -0.546. The smallest absolute Gasteiger partial charge is 0.321 e. The molecule has 0 unspecified atom stereocenters. The van der Waals surface area contributed by atoms with Crippen molar-refractivity contribution in [3.8, 4) is 0 Å². The van der Waals surface area contributed by atoms with E-state index >= 15 is 0 Å². The Bertz CT molecular complexity index is 884. The quantitative estimate of drug-likeness (QED) is 0.632. The molecule has 0 saturated carbocycles. The molecule has 1 heterocycles. The molecule has 140 valence electrons. The highest BCUT2D eigenvalue weighted by molar-refractivity contribution is 7.99. The Morgan fingerprint density at radius 3 is 2.50 bits per heavy atom. The van der Waals surface area contributed by atoms with E-state index in [9.17, 15) is 14.4 Å². The lowest BCUT2D eigenvalue weighted by Crippen LogP contribution is -2.48. The summed E-state index contributed by atoms with van der Waals surface area (Å²) in [5, 5.41) is 5.94. The summed E-state index contributed by atoms with van der Waals surface area (Å²) in [5.74, 6) is -0.468. The van der Waals surface area contributed by atoms with E-state index in [1.54, 1.807) is 22.8 Å². The lowest BCUT2D eigenvalue weighted by Gasteiger charge is -2.20. The minimum absolute atomic E-state index is 0.0188. The number of para-hydroxylation sites is 1. The van der Waals surface area contributed by atoms with Crippen LogP contribution in [0.25, 0.3) is 10.9 Å². The number of benzene rings is 1. The number of urea groups is 1. The summed E-state index contributed by atoms with van der Waals surface area (Å²) in [7, 11) is 0. The van der Waals surface area contributed by atoms with Gasteiger partial charge < -0.3 is 5.32 Å². The molecule has 26 heavy (non-hydrogen) atoms. The number of carbonyl (C=O) groups is 2. The maximum atomic E-state index is 12.7. The summed E-state index contributed by atoms with van der Waals surface area (Å²) in [4.78, 5) is 41.0. The predicted octanol–water partition coefficient (Wildman–Crippen LogP) is 2.69. The van der Waals surface area contributed by atoms with Crippen molar-refractivity contribution in [2.45, 2.75) is 51.4 Å². The number of aromatic nitrogens is 2. The topological polar surface area (TPSA) is 93.1 Å². The van der Waals surface area contributed by atoms with Crippen molar-refractivity contribution in [2.75, 3.05) is 5.75 Å². The third kappa shape index (κ3) is 5.08. The van der Waals surface area contributed by atoms with Crippen molar-refractivity contribution >= 4 is 34.6 Å². The first-order valence-corrected chi connectivity index (χ1v) is 9.33. The van der Waals surface area contributed by atoms with Crippen LogP contribution in [0.4, 0.5) is 4.79 Å². The molecule has 0 aliphatic carbocycles. The van der Waals surface area contributed by atoms with Crippen LogP contribution in [0, 0.1) is 0 Å². The van der Waals surface area contributed by atoms with Gasteiger partial charge in [0.1, 0.15) is 0 Å². The molecule has 0 radical (unpaired) electrons. The molecule has 0 saturated heterocycles. The third-order valence-electron chi connectivity index (χ3n) is 3.37. The van der Waals surface area contributed by atoms with Crippen LogP contribution in [-0.2, 0) is 4.79 Å². The van der Waals surface area contributed by atoms with Gasteiger partial charge in [-0.05, 0) is 46.8 Å². The molecule has 8 heteroatoms. The van der Waals surface area contributed by atoms with Crippen molar-refractivity contribution < 1.29 is 9.59 Å². The summed E-state index contributed by atoms with van der Waals surface area (Å²) in [6.45, 7) is 9.25. The zero-order valence-electron chi connectivity index (χ0n) is 15.6. The fourth-order valence-corrected chi connectivity index (χ4v) is 3.28. The first-order chi connectivity index (χ1) is 12.1. The number of fused-ring (bicyclic) bond motifs is 1. The number of thioether (sulfide) groups is 1. The Kier molecular flexibility index (Phi) is 6.07. The van der Waals surface area contributed by atoms with E-state index in [-0.39, 0.29) is 17.4 Å². The zero-order chi connectivity index (χ0) is 19.5. The van der Waals surface area contributed by atoms with Crippen LogP contribution < -0.4 is 16.2 Å². The lowest BCUT2D eigenvalue weighted by molar-refractivity contribution is -0.117. The number of hydrogen-bond donors (Lipinski definition) is 2. The van der Waals surface area contributed by atoms with Crippen molar-refractivity contribution in [1.82, 2.24) is 20.2 Å². The second kappa shape index (κ2) is 7.90. The van der Waals surface area contributed by atoms with E-state index in [1.807, 2.05) is 40.7 Å². The first kappa shape index (κ1) is 20.0. The van der Waals surface area contributed by atoms with Gasteiger partial charge in [0.25, 0.3) is 5.56 Å². The molecule has 0 fully saturated rings. The van der Waals surface area contributed by atoms with Gasteiger partial charge in [0.15, 0.2) is 5.16 Å². The summed E-state index contributed by atoms with van der Waals surface area (Å²) < 4.78 is 1.56. The standard InChI is InChI=1S/C18H24N4O3S/c1-11(2)22-15(24)12-8-6-7-9-13(12)19-17(22)26-10-14(23)20-16(25)21-18(3,4)5/h6-9,11H,10H2,1-5H3,(H2,20,21,23,25). The normalized spacial score (nSPS) is 11.6. The van der Waals surface area contributed by atoms with Gasteiger partial charge in [-0.1, -0.05) is 23.9 Å². The number of amides is 3. The Labute approximate surface area is 156 Å². The molecule has 0 aliphatic rings. The second-order valence-corrected chi connectivity index (χ2v) is 8.16. The molecule has 1 aromatic carbocycles.